The summed E-state index contributed by atoms with van der Waals surface area (Å²) in [6.45, 7) is 15.7. The second kappa shape index (κ2) is 25.5. The number of aliphatic hydroxyl groups is 3. The van der Waals surface area contributed by atoms with Crippen LogP contribution in [0.2, 0.25) is 10.0 Å². The van der Waals surface area contributed by atoms with E-state index in [-0.39, 0.29) is 85.8 Å². The highest BCUT2D eigenvalue weighted by Crippen LogP contribution is 2.44. The number of nitrogens with zero attached hydrogens (tertiary/aromatic N) is 4. The molecule has 0 radical (unpaired) electrons. The van der Waals surface area contributed by atoms with E-state index in [1.165, 1.54) is 48.2 Å². The standard InChI is InChI=1S/C52H76Cl2N4O15/c1-13-41-52(9)45(58(50(66)73-52)18-15-21-69-40-23-33(16-17-39(40)67-11)38(60)24-34-35(53)26-55-27-36(34)54)30(5)42(61)28(3)25-51(8,68-12)46(31(6)43(62)32(7)47(64)71-41)72-48-44(63)37(22-29(4)70-48)56(10)49(65)57(14-2)19-20-59/h16-17,23,26-32,37,41,43-46,48,59,62-63H,13-15,18-22,24-25H2,1-12H3/t28-,29-,30+,31+,32-,37+,41-,43+,44-,45-,46-,48+,51-,52-/m1/s1. The van der Waals surface area contributed by atoms with Crippen molar-refractivity contribution in [3.63, 3.8) is 0 Å². The van der Waals surface area contributed by atoms with Gasteiger partial charge in [-0.2, -0.15) is 0 Å². The van der Waals surface area contributed by atoms with Crippen molar-refractivity contribution in [1.82, 2.24) is 19.7 Å². The molecule has 0 spiro atoms. The number of Topliss-reactive ketones (excluding diaryl/α,β-unsaturated/α-hetero) is 2. The number of aromatic nitrogens is 1. The Bertz CT molecular complexity index is 2240. The van der Waals surface area contributed by atoms with Gasteiger partial charge < -0.3 is 63.2 Å². The maximum Gasteiger partial charge on any atom is 0.410 e. The molecule has 3 aliphatic heterocycles. The Kier molecular flexibility index (Phi) is 20.8. The summed E-state index contributed by atoms with van der Waals surface area (Å²) in [5.41, 5.74) is -2.17. The number of cyclic esters (lactones) is 1. The molecule has 2 aromatic rings. The number of hydrogen-bond donors (Lipinski definition) is 3. The van der Waals surface area contributed by atoms with Crippen molar-refractivity contribution in [2.24, 2.45) is 23.7 Å². The number of amides is 3. The van der Waals surface area contributed by atoms with Crippen LogP contribution in [0.4, 0.5) is 9.59 Å². The predicted octanol–water partition coefficient (Wildman–Crippen LogP) is 6.39. The fourth-order valence-corrected chi connectivity index (χ4v) is 11.4. The normalized spacial score (nSPS) is 32.2. The number of hydrogen-bond acceptors (Lipinski definition) is 16. The molecule has 0 bridgehead atoms. The molecular weight excluding hydrogens is 991 g/mol. The van der Waals surface area contributed by atoms with Crippen molar-refractivity contribution in [2.75, 3.05) is 54.1 Å². The topological polar surface area (TPSA) is 233 Å². The number of rotatable bonds is 17. The van der Waals surface area contributed by atoms with Gasteiger partial charge in [0.1, 0.15) is 18.0 Å². The van der Waals surface area contributed by atoms with E-state index in [0.717, 1.165) is 0 Å². The molecule has 4 heterocycles. The van der Waals surface area contributed by atoms with E-state index < -0.39 is 102 Å². The summed E-state index contributed by atoms with van der Waals surface area (Å²) in [5, 5.41) is 34.1. The van der Waals surface area contributed by atoms with Gasteiger partial charge in [0.25, 0.3) is 0 Å². The lowest BCUT2D eigenvalue weighted by molar-refractivity contribution is -0.300. The molecule has 408 valence electrons. The van der Waals surface area contributed by atoms with Crippen molar-refractivity contribution < 1.29 is 72.5 Å². The number of carbonyl (C=O) groups excluding carboxylic acids is 5. The van der Waals surface area contributed by atoms with Gasteiger partial charge in [-0.1, -0.05) is 50.9 Å². The van der Waals surface area contributed by atoms with Gasteiger partial charge in [-0.05, 0) is 78.5 Å². The monoisotopic (exact) mass is 1070 g/mol. The number of fused-ring (bicyclic) bond motifs is 1. The first kappa shape index (κ1) is 59.5. The van der Waals surface area contributed by atoms with Crippen LogP contribution in [0.15, 0.2) is 30.6 Å². The molecule has 0 saturated carbocycles. The van der Waals surface area contributed by atoms with Crippen molar-refractivity contribution in [3.8, 4) is 11.5 Å². The van der Waals surface area contributed by atoms with Gasteiger partial charge in [-0.15, -0.1) is 0 Å². The highest BCUT2D eigenvalue weighted by Gasteiger charge is 2.60. The number of halogens is 2. The summed E-state index contributed by atoms with van der Waals surface area (Å²) in [6, 6.07) is 2.62. The van der Waals surface area contributed by atoms with Crippen LogP contribution in [0.25, 0.3) is 0 Å². The summed E-state index contributed by atoms with van der Waals surface area (Å²) in [7, 11) is 4.48. The smallest absolute Gasteiger partial charge is 0.410 e. The third-order valence-corrected chi connectivity index (χ3v) is 15.8. The summed E-state index contributed by atoms with van der Waals surface area (Å²) in [4.78, 5) is 78.6. The number of urea groups is 1. The Morgan fingerprint density at radius 3 is 2.25 bits per heavy atom. The van der Waals surface area contributed by atoms with Crippen LogP contribution >= 0.6 is 23.2 Å². The molecule has 3 amide bonds. The van der Waals surface area contributed by atoms with Crippen molar-refractivity contribution >= 4 is 52.9 Å². The SMILES string of the molecule is CC[C@H]1OC(=O)[C@H](C)[C@@H](O)[C@H](C)[C@@H](O[C@@H]2O[C@H](C)C[C@H](N(C)C(=O)N(CC)CCO)[C@H]2O)[C@](C)(OC)C[C@@H](C)C(=O)[C@H](C)[C@H]2N(CCCOc3cc(C(=O)Cc4c(Cl)cncc4Cl)ccc3OC)C(=O)O[C@]12C. The molecule has 5 rings (SSSR count). The van der Waals surface area contributed by atoms with E-state index in [0.29, 0.717) is 23.4 Å². The Morgan fingerprint density at radius 1 is 0.973 bits per heavy atom. The van der Waals surface area contributed by atoms with Gasteiger partial charge in [-0.25, -0.2) is 9.59 Å². The first-order valence-electron chi connectivity index (χ1n) is 25.1. The lowest BCUT2D eigenvalue weighted by atomic mass is 9.73. The van der Waals surface area contributed by atoms with Crippen molar-refractivity contribution in [3.05, 3.63) is 51.8 Å². The highest BCUT2D eigenvalue weighted by atomic mass is 35.5. The van der Waals surface area contributed by atoms with E-state index in [1.54, 1.807) is 80.6 Å². The number of esters is 1. The highest BCUT2D eigenvalue weighted by molar-refractivity contribution is 6.36. The fraction of sp³-hybridized carbons (Fsp3) is 0.692. The average molecular weight is 1070 g/mol. The number of ether oxygens (including phenoxy) is 7. The van der Waals surface area contributed by atoms with Gasteiger partial charge in [0, 0.05) is 81.5 Å². The van der Waals surface area contributed by atoms with Crippen LogP contribution in [0.5, 0.6) is 11.5 Å². The lowest BCUT2D eigenvalue weighted by Gasteiger charge is -2.48. The second-order valence-corrected chi connectivity index (χ2v) is 20.9. The number of benzene rings is 1. The first-order valence-corrected chi connectivity index (χ1v) is 25.9. The zero-order chi connectivity index (χ0) is 54.3. The predicted molar refractivity (Wildman–Crippen MR) is 270 cm³/mol. The molecule has 0 aliphatic carbocycles. The summed E-state index contributed by atoms with van der Waals surface area (Å²) in [5.74, 6) is -4.45. The zero-order valence-corrected chi connectivity index (χ0v) is 45.7. The van der Waals surface area contributed by atoms with E-state index >= 15 is 0 Å². The van der Waals surface area contributed by atoms with E-state index in [4.69, 9.17) is 56.4 Å². The van der Waals surface area contributed by atoms with Crippen LogP contribution < -0.4 is 9.47 Å². The molecule has 3 fully saturated rings. The molecule has 1 aromatic carbocycles. The van der Waals surface area contributed by atoms with Gasteiger partial charge in [0.05, 0.1) is 72.3 Å². The molecule has 3 aliphatic rings. The Balaban J connectivity index is 1.42. The molecule has 21 heteroatoms. The minimum atomic E-state index is -1.53. The van der Waals surface area contributed by atoms with E-state index in [2.05, 4.69) is 4.98 Å². The Labute approximate surface area is 439 Å². The number of carbonyl (C=O) groups is 5. The molecule has 0 unspecified atom stereocenters. The Hall–Kier alpha value is -4.34. The van der Waals surface area contributed by atoms with Crippen LogP contribution in [-0.2, 0) is 39.7 Å². The molecule has 1 aromatic heterocycles. The van der Waals surface area contributed by atoms with Crippen LogP contribution in [0.1, 0.15) is 104 Å². The largest absolute Gasteiger partial charge is 0.493 e. The number of aliphatic hydroxyl groups excluding tert-OH is 3. The number of ketones is 2. The Morgan fingerprint density at radius 2 is 1.64 bits per heavy atom. The van der Waals surface area contributed by atoms with Crippen molar-refractivity contribution in [2.45, 2.75) is 155 Å². The molecule has 14 atom stereocenters. The molecule has 3 N–H and O–H groups in total. The van der Waals surface area contributed by atoms with E-state index in [1.807, 2.05) is 0 Å². The number of likely N-dealkylation sites (N-methyl/N-ethyl adjacent to an activating group) is 2. The van der Waals surface area contributed by atoms with E-state index in [9.17, 15) is 39.3 Å². The summed E-state index contributed by atoms with van der Waals surface area (Å²) < 4.78 is 43.3. The quantitative estimate of drug-likeness (QED) is 0.0885. The number of pyridine rings is 1. The fourth-order valence-electron chi connectivity index (χ4n) is 10.9. The minimum absolute atomic E-state index is 0.0232. The van der Waals surface area contributed by atoms with Crippen molar-refractivity contribution in [1.29, 1.82) is 0 Å². The average Bonchev–Trinajstić information content (AvgIpc) is 3.63. The maximum atomic E-state index is 15.0. The minimum Gasteiger partial charge on any atom is -0.493 e. The van der Waals surface area contributed by atoms with Gasteiger partial charge in [0.2, 0.25) is 0 Å². The third-order valence-electron chi connectivity index (χ3n) is 15.1. The first-order chi connectivity index (χ1) is 34.4. The number of methoxy groups -OCH3 is 2. The molecular formula is C52H76Cl2N4O15. The maximum absolute atomic E-state index is 15.0. The zero-order valence-electron chi connectivity index (χ0n) is 44.2. The molecule has 19 nitrogen and oxygen atoms in total. The van der Waals surface area contributed by atoms with Crippen LogP contribution in [0, 0.1) is 23.7 Å². The van der Waals surface area contributed by atoms with Gasteiger partial charge in [0.15, 0.2) is 29.2 Å². The lowest BCUT2D eigenvalue weighted by Crippen LogP contribution is -2.62. The van der Waals surface area contributed by atoms with Crippen LogP contribution in [-0.4, -0.2) is 179 Å². The van der Waals surface area contributed by atoms with Crippen LogP contribution in [0.3, 0.4) is 0 Å². The molecule has 73 heavy (non-hydrogen) atoms. The second-order valence-electron chi connectivity index (χ2n) is 20.1. The van der Waals surface area contributed by atoms with Gasteiger partial charge >= 0.3 is 18.1 Å². The summed E-state index contributed by atoms with van der Waals surface area (Å²) >= 11 is 12.6. The summed E-state index contributed by atoms with van der Waals surface area (Å²) in [6.07, 6.45) is -4.18. The third kappa shape index (κ3) is 13.0. The van der Waals surface area contributed by atoms with Gasteiger partial charge in [-0.3, -0.25) is 19.4 Å². The molecule has 3 saturated heterocycles.